The van der Waals surface area contributed by atoms with E-state index in [1.165, 1.54) is 18.3 Å². The van der Waals surface area contributed by atoms with Crippen LogP contribution in [-0.4, -0.2) is 18.2 Å². The summed E-state index contributed by atoms with van der Waals surface area (Å²) in [7, 11) is 1.56. The summed E-state index contributed by atoms with van der Waals surface area (Å²) in [5, 5.41) is 15.2. The number of anilines is 1. The second-order valence-electron chi connectivity index (χ2n) is 5.23. The molecule has 2 aromatic carbocycles. The van der Waals surface area contributed by atoms with Crippen LogP contribution in [0.25, 0.3) is 11.3 Å². The number of hydrazone groups is 1. The number of rotatable bonds is 6. The summed E-state index contributed by atoms with van der Waals surface area (Å²) < 4.78 is 10.8. The van der Waals surface area contributed by atoms with E-state index in [9.17, 15) is 10.1 Å². The lowest BCUT2D eigenvalue weighted by Crippen LogP contribution is -1.91. The number of ether oxygens (including phenoxy) is 1. The number of halogens is 1. The summed E-state index contributed by atoms with van der Waals surface area (Å²) in [4.78, 5) is 10.2. The minimum Gasteiger partial charge on any atom is -0.495 e. The topological polar surface area (TPSA) is 89.9 Å². The molecular weight excluding hydrogens is 358 g/mol. The maximum atomic E-state index is 10.6. The monoisotopic (exact) mass is 371 g/mol. The zero-order valence-electron chi connectivity index (χ0n) is 13.7. The average Bonchev–Trinajstić information content (AvgIpc) is 3.11. The van der Waals surface area contributed by atoms with Crippen LogP contribution in [-0.2, 0) is 0 Å². The largest absolute Gasteiger partial charge is 0.495 e. The smallest absolute Gasteiger partial charge is 0.269 e. The van der Waals surface area contributed by atoms with E-state index < -0.39 is 4.92 Å². The summed E-state index contributed by atoms with van der Waals surface area (Å²) in [6.07, 6.45) is 1.51. The van der Waals surface area contributed by atoms with Crippen molar-refractivity contribution in [2.45, 2.75) is 0 Å². The molecular formula is C18H14ClN3O4. The Bertz CT molecular complexity index is 951. The number of hydrogen-bond acceptors (Lipinski definition) is 6. The van der Waals surface area contributed by atoms with Gasteiger partial charge in [-0.1, -0.05) is 11.6 Å². The van der Waals surface area contributed by atoms with Crippen molar-refractivity contribution in [3.63, 3.8) is 0 Å². The number of nitrogens with zero attached hydrogens (tertiary/aromatic N) is 2. The first-order valence-corrected chi connectivity index (χ1v) is 7.92. The fraction of sp³-hybridized carbons (Fsp3) is 0.0556. The van der Waals surface area contributed by atoms with Crippen LogP contribution in [0, 0.1) is 10.1 Å². The number of nitro benzene ring substituents is 1. The second kappa shape index (κ2) is 7.71. The lowest BCUT2D eigenvalue weighted by Gasteiger charge is -2.04. The Labute approximate surface area is 154 Å². The van der Waals surface area contributed by atoms with Crippen molar-refractivity contribution >= 4 is 29.2 Å². The zero-order chi connectivity index (χ0) is 18.5. The molecule has 0 aliphatic carbocycles. The summed E-state index contributed by atoms with van der Waals surface area (Å²) in [6.45, 7) is 0. The van der Waals surface area contributed by atoms with Gasteiger partial charge < -0.3 is 9.15 Å². The Morgan fingerprint density at radius 3 is 2.62 bits per heavy atom. The molecule has 3 aromatic rings. The first-order chi connectivity index (χ1) is 12.6. The van der Waals surface area contributed by atoms with Gasteiger partial charge in [0.1, 0.15) is 17.3 Å². The van der Waals surface area contributed by atoms with Gasteiger partial charge in [-0.05, 0) is 42.5 Å². The molecule has 0 aliphatic heterocycles. The minimum atomic E-state index is -0.456. The van der Waals surface area contributed by atoms with E-state index >= 15 is 0 Å². The summed E-state index contributed by atoms with van der Waals surface area (Å²) in [6, 6.07) is 14.9. The average molecular weight is 372 g/mol. The molecule has 0 bridgehead atoms. The second-order valence-corrected chi connectivity index (χ2v) is 5.63. The number of furan rings is 1. The van der Waals surface area contributed by atoms with E-state index in [-0.39, 0.29) is 5.69 Å². The van der Waals surface area contributed by atoms with Crippen molar-refractivity contribution < 1.29 is 14.1 Å². The van der Waals surface area contributed by atoms with Crippen molar-refractivity contribution in [3.8, 4) is 17.1 Å². The van der Waals surface area contributed by atoms with E-state index in [1.807, 2.05) is 12.1 Å². The van der Waals surface area contributed by atoms with Crippen molar-refractivity contribution in [2.75, 3.05) is 12.5 Å². The molecule has 0 radical (unpaired) electrons. The Kier molecular flexibility index (Phi) is 5.19. The van der Waals surface area contributed by atoms with Gasteiger partial charge in [0.25, 0.3) is 5.69 Å². The third-order valence-corrected chi connectivity index (χ3v) is 3.82. The van der Waals surface area contributed by atoms with Gasteiger partial charge in [0, 0.05) is 17.7 Å². The van der Waals surface area contributed by atoms with E-state index in [2.05, 4.69) is 10.5 Å². The number of nitro groups is 1. The maximum absolute atomic E-state index is 10.6. The van der Waals surface area contributed by atoms with E-state index in [0.29, 0.717) is 28.0 Å². The predicted octanol–water partition coefficient (Wildman–Crippen LogP) is 4.96. The molecule has 0 saturated heterocycles. The molecule has 8 heteroatoms. The van der Waals surface area contributed by atoms with Gasteiger partial charge in [0.05, 0.1) is 29.0 Å². The molecule has 0 atom stereocenters. The fourth-order valence-electron chi connectivity index (χ4n) is 2.23. The van der Waals surface area contributed by atoms with Gasteiger partial charge in [0.2, 0.25) is 0 Å². The molecule has 1 N–H and O–H groups in total. The standard InChI is InChI=1S/C18H14ClN3O4/c1-25-18-8-2-12(10-16(18)19)17-9-7-15(26-17)11-20-21-13-3-5-14(6-4-13)22(23)24/h2-11,21H,1H3/b20-11-. The SMILES string of the molecule is COc1ccc(-c2ccc(/C=N\Nc3ccc([N+](=O)[O-])cc3)o2)cc1Cl. The van der Waals surface area contributed by atoms with Crippen molar-refractivity contribution in [3.05, 3.63) is 75.5 Å². The number of nitrogens with one attached hydrogen (secondary N) is 1. The van der Waals surface area contributed by atoms with Crippen LogP contribution in [0.2, 0.25) is 5.02 Å². The summed E-state index contributed by atoms with van der Waals surface area (Å²) in [5.74, 6) is 1.78. The fourth-order valence-corrected chi connectivity index (χ4v) is 2.48. The van der Waals surface area contributed by atoms with Crippen LogP contribution in [0.4, 0.5) is 11.4 Å². The molecule has 1 aromatic heterocycles. The number of hydrogen-bond donors (Lipinski definition) is 1. The highest BCUT2D eigenvalue weighted by Gasteiger charge is 2.07. The van der Waals surface area contributed by atoms with Crippen LogP contribution in [0.1, 0.15) is 5.76 Å². The highest BCUT2D eigenvalue weighted by Crippen LogP contribution is 2.30. The van der Waals surface area contributed by atoms with Crippen LogP contribution < -0.4 is 10.2 Å². The number of methoxy groups -OCH3 is 1. The van der Waals surface area contributed by atoms with E-state index in [1.54, 1.807) is 37.4 Å². The predicted molar refractivity (Wildman–Crippen MR) is 100 cm³/mol. The molecule has 7 nitrogen and oxygen atoms in total. The van der Waals surface area contributed by atoms with Crippen molar-refractivity contribution in [1.29, 1.82) is 0 Å². The van der Waals surface area contributed by atoms with Gasteiger partial charge in [-0.2, -0.15) is 5.10 Å². The molecule has 0 spiro atoms. The number of non-ortho nitro benzene ring substituents is 1. The lowest BCUT2D eigenvalue weighted by molar-refractivity contribution is -0.384. The lowest BCUT2D eigenvalue weighted by atomic mass is 10.2. The van der Waals surface area contributed by atoms with Crippen LogP contribution in [0.3, 0.4) is 0 Å². The van der Waals surface area contributed by atoms with E-state index in [4.69, 9.17) is 20.8 Å². The molecule has 0 amide bonds. The van der Waals surface area contributed by atoms with Gasteiger partial charge in [-0.3, -0.25) is 15.5 Å². The maximum Gasteiger partial charge on any atom is 0.269 e. The van der Waals surface area contributed by atoms with Crippen molar-refractivity contribution in [2.24, 2.45) is 5.10 Å². The molecule has 0 aliphatic rings. The molecule has 26 heavy (non-hydrogen) atoms. The van der Waals surface area contributed by atoms with Gasteiger partial charge in [-0.25, -0.2) is 0 Å². The summed E-state index contributed by atoms with van der Waals surface area (Å²) >= 11 is 6.12. The third kappa shape index (κ3) is 4.01. The third-order valence-electron chi connectivity index (χ3n) is 3.53. The Morgan fingerprint density at radius 1 is 1.19 bits per heavy atom. The normalized spacial score (nSPS) is 10.8. The molecule has 0 unspecified atom stereocenters. The minimum absolute atomic E-state index is 0.0216. The first kappa shape index (κ1) is 17.5. The molecule has 3 rings (SSSR count). The zero-order valence-corrected chi connectivity index (χ0v) is 14.4. The number of benzene rings is 2. The van der Waals surface area contributed by atoms with Gasteiger partial charge in [0.15, 0.2) is 0 Å². The molecule has 132 valence electrons. The molecule has 0 saturated carbocycles. The summed E-state index contributed by atoms with van der Waals surface area (Å²) in [5.41, 5.74) is 4.25. The first-order valence-electron chi connectivity index (χ1n) is 7.54. The van der Waals surface area contributed by atoms with Gasteiger partial charge in [-0.15, -0.1) is 0 Å². The van der Waals surface area contributed by atoms with Crippen LogP contribution >= 0.6 is 11.6 Å². The van der Waals surface area contributed by atoms with Crippen molar-refractivity contribution in [1.82, 2.24) is 0 Å². The van der Waals surface area contributed by atoms with Crippen LogP contribution in [0.5, 0.6) is 5.75 Å². The highest BCUT2D eigenvalue weighted by atomic mass is 35.5. The Morgan fingerprint density at radius 2 is 1.96 bits per heavy atom. The van der Waals surface area contributed by atoms with E-state index in [0.717, 1.165) is 5.56 Å². The van der Waals surface area contributed by atoms with Gasteiger partial charge >= 0.3 is 0 Å². The molecule has 0 fully saturated rings. The highest BCUT2D eigenvalue weighted by molar-refractivity contribution is 6.32. The quantitative estimate of drug-likeness (QED) is 0.375. The molecule has 1 heterocycles. The van der Waals surface area contributed by atoms with Crippen LogP contribution in [0.15, 0.2) is 64.1 Å². The Balaban J connectivity index is 1.67. The Hall–Kier alpha value is -3.32.